The fourth-order valence-corrected chi connectivity index (χ4v) is 1.91. The molecule has 0 atom stereocenters. The lowest BCUT2D eigenvalue weighted by Gasteiger charge is -2.14. The Labute approximate surface area is 103 Å². The molecule has 17 heavy (non-hydrogen) atoms. The van der Waals surface area contributed by atoms with E-state index in [2.05, 4.69) is 4.84 Å². The zero-order chi connectivity index (χ0) is 12.3. The summed E-state index contributed by atoms with van der Waals surface area (Å²) in [5.74, 6) is 5.31. The molecule has 0 bridgehead atoms. The summed E-state index contributed by atoms with van der Waals surface area (Å²) >= 11 is 5.80. The van der Waals surface area contributed by atoms with Crippen LogP contribution in [0.2, 0.25) is 5.02 Å². The molecule has 4 nitrogen and oxygen atoms in total. The summed E-state index contributed by atoms with van der Waals surface area (Å²) in [7, 11) is 0. The van der Waals surface area contributed by atoms with E-state index in [0.29, 0.717) is 30.3 Å². The molecule has 0 unspecified atom stereocenters. The smallest absolute Gasteiger partial charge is 0.167 e. The van der Waals surface area contributed by atoms with Gasteiger partial charge in [0.2, 0.25) is 0 Å². The van der Waals surface area contributed by atoms with E-state index in [1.807, 2.05) is 0 Å². The topological polar surface area (TPSA) is 53.7 Å². The van der Waals surface area contributed by atoms with E-state index in [9.17, 15) is 4.39 Å². The van der Waals surface area contributed by atoms with Crippen LogP contribution in [0.15, 0.2) is 6.07 Å². The lowest BCUT2D eigenvalue weighted by atomic mass is 10.1. The van der Waals surface area contributed by atoms with Crippen LogP contribution in [0.25, 0.3) is 0 Å². The van der Waals surface area contributed by atoms with E-state index < -0.39 is 5.82 Å². The van der Waals surface area contributed by atoms with Gasteiger partial charge < -0.3 is 14.3 Å². The van der Waals surface area contributed by atoms with Gasteiger partial charge in [-0.15, -0.1) is 0 Å². The lowest BCUT2D eigenvalue weighted by molar-refractivity contribution is 0.140. The van der Waals surface area contributed by atoms with E-state index in [1.165, 1.54) is 6.07 Å². The number of fused-ring (bicyclic) bond motifs is 1. The lowest BCUT2D eigenvalue weighted by Crippen LogP contribution is -2.08. The van der Waals surface area contributed by atoms with Gasteiger partial charge in [-0.1, -0.05) is 11.6 Å². The Morgan fingerprint density at radius 3 is 2.94 bits per heavy atom. The van der Waals surface area contributed by atoms with Crippen LogP contribution in [0.5, 0.6) is 11.5 Å². The average molecular weight is 262 g/mol. The van der Waals surface area contributed by atoms with Crippen LogP contribution in [-0.4, -0.2) is 19.8 Å². The van der Waals surface area contributed by atoms with Crippen molar-refractivity contribution in [3.63, 3.8) is 0 Å². The second-order valence-electron chi connectivity index (χ2n) is 3.65. The van der Waals surface area contributed by atoms with Gasteiger partial charge >= 0.3 is 0 Å². The molecule has 94 valence electrons. The van der Waals surface area contributed by atoms with E-state index >= 15 is 0 Å². The molecule has 1 aromatic carbocycles. The van der Waals surface area contributed by atoms with Crippen molar-refractivity contribution >= 4 is 11.6 Å². The summed E-state index contributed by atoms with van der Waals surface area (Å²) in [6.45, 7) is 1.21. The monoisotopic (exact) mass is 261 g/mol. The van der Waals surface area contributed by atoms with Crippen molar-refractivity contribution in [3.05, 3.63) is 22.5 Å². The van der Waals surface area contributed by atoms with Crippen molar-refractivity contribution in [2.24, 2.45) is 5.90 Å². The number of benzene rings is 1. The fraction of sp³-hybridized carbons (Fsp3) is 0.455. The van der Waals surface area contributed by atoms with Crippen LogP contribution in [0.4, 0.5) is 4.39 Å². The van der Waals surface area contributed by atoms with E-state index in [0.717, 1.165) is 6.42 Å². The van der Waals surface area contributed by atoms with Crippen molar-refractivity contribution in [2.45, 2.75) is 12.8 Å². The van der Waals surface area contributed by atoms with Gasteiger partial charge in [-0.05, 0) is 0 Å². The molecule has 1 aromatic rings. The predicted molar refractivity (Wildman–Crippen MR) is 60.9 cm³/mol. The van der Waals surface area contributed by atoms with Crippen LogP contribution < -0.4 is 15.4 Å². The molecular weight excluding hydrogens is 249 g/mol. The first-order valence-electron chi connectivity index (χ1n) is 5.32. The zero-order valence-electron chi connectivity index (χ0n) is 9.17. The third-order valence-electron chi connectivity index (χ3n) is 2.49. The number of hydrogen-bond donors (Lipinski definition) is 1. The molecule has 0 radical (unpaired) electrons. The third-order valence-corrected chi connectivity index (χ3v) is 2.77. The van der Waals surface area contributed by atoms with E-state index in [1.54, 1.807) is 0 Å². The molecular formula is C11H13ClFNO3. The van der Waals surface area contributed by atoms with E-state index in [-0.39, 0.29) is 18.1 Å². The standard InChI is InChI=1S/C11H13ClFNO3/c12-8-6-9-11(16-4-1-3-15-9)7(10(8)13)2-5-17-14/h6H,1-5,14H2. The second kappa shape index (κ2) is 5.53. The van der Waals surface area contributed by atoms with Crippen LogP contribution in [0, 0.1) is 5.82 Å². The van der Waals surface area contributed by atoms with Gasteiger partial charge in [-0.2, -0.15) is 0 Å². The summed E-state index contributed by atoms with van der Waals surface area (Å²) in [6.07, 6.45) is 1.04. The Morgan fingerprint density at radius 1 is 1.41 bits per heavy atom. The van der Waals surface area contributed by atoms with Crippen molar-refractivity contribution in [2.75, 3.05) is 19.8 Å². The molecule has 0 saturated carbocycles. The first kappa shape index (κ1) is 12.4. The number of hydrogen-bond acceptors (Lipinski definition) is 4. The van der Waals surface area contributed by atoms with Gasteiger partial charge in [0.05, 0.1) is 24.8 Å². The maximum Gasteiger partial charge on any atom is 0.167 e. The van der Waals surface area contributed by atoms with Gasteiger partial charge in [-0.3, -0.25) is 0 Å². The molecule has 0 saturated heterocycles. The molecule has 0 amide bonds. The highest BCUT2D eigenvalue weighted by molar-refractivity contribution is 6.31. The summed E-state index contributed by atoms with van der Waals surface area (Å²) < 4.78 is 24.8. The van der Waals surface area contributed by atoms with E-state index in [4.69, 9.17) is 27.0 Å². The maximum absolute atomic E-state index is 13.9. The minimum Gasteiger partial charge on any atom is -0.489 e. The summed E-state index contributed by atoms with van der Waals surface area (Å²) in [5.41, 5.74) is 0.347. The van der Waals surface area contributed by atoms with Gasteiger partial charge in [0.25, 0.3) is 0 Å². The molecule has 0 aliphatic carbocycles. The van der Waals surface area contributed by atoms with Gasteiger partial charge in [-0.25, -0.2) is 10.3 Å². The van der Waals surface area contributed by atoms with Crippen molar-refractivity contribution in [1.29, 1.82) is 0 Å². The van der Waals surface area contributed by atoms with Gasteiger partial charge in [0.15, 0.2) is 11.5 Å². The molecule has 0 aromatic heterocycles. The molecule has 0 fully saturated rings. The highest BCUT2D eigenvalue weighted by Gasteiger charge is 2.21. The molecule has 6 heteroatoms. The Kier molecular flexibility index (Phi) is 4.04. The molecule has 1 heterocycles. The fourth-order valence-electron chi connectivity index (χ4n) is 1.70. The molecule has 1 aliphatic rings. The van der Waals surface area contributed by atoms with Crippen LogP contribution in [-0.2, 0) is 11.3 Å². The molecule has 1 aliphatic heterocycles. The molecule has 2 N–H and O–H groups in total. The van der Waals surface area contributed by atoms with Gasteiger partial charge in [0.1, 0.15) is 5.82 Å². The maximum atomic E-state index is 13.9. The zero-order valence-corrected chi connectivity index (χ0v) is 9.93. The highest BCUT2D eigenvalue weighted by Crippen LogP contribution is 2.39. The average Bonchev–Trinajstić information content (AvgIpc) is 2.55. The highest BCUT2D eigenvalue weighted by atomic mass is 35.5. The first-order valence-corrected chi connectivity index (χ1v) is 5.70. The minimum atomic E-state index is -0.507. The van der Waals surface area contributed by atoms with Crippen LogP contribution in [0.1, 0.15) is 12.0 Å². The second-order valence-corrected chi connectivity index (χ2v) is 4.06. The van der Waals surface area contributed by atoms with Crippen LogP contribution >= 0.6 is 11.6 Å². The Balaban J connectivity index is 2.42. The quantitative estimate of drug-likeness (QED) is 0.847. The number of rotatable bonds is 3. The van der Waals surface area contributed by atoms with Crippen molar-refractivity contribution < 1.29 is 18.7 Å². The molecule has 2 rings (SSSR count). The Morgan fingerprint density at radius 2 is 2.18 bits per heavy atom. The number of ether oxygens (including phenoxy) is 2. The molecule has 0 spiro atoms. The van der Waals surface area contributed by atoms with Crippen LogP contribution in [0.3, 0.4) is 0 Å². The SMILES string of the molecule is NOCCc1c(F)c(Cl)cc2c1OCCCO2. The number of halogens is 2. The van der Waals surface area contributed by atoms with Gasteiger partial charge in [0, 0.05) is 24.5 Å². The first-order chi connectivity index (χ1) is 8.24. The Bertz CT molecular complexity index is 414. The summed E-state index contributed by atoms with van der Waals surface area (Å²) in [6, 6.07) is 1.43. The predicted octanol–water partition coefficient (Wildman–Crippen LogP) is 2.07. The normalized spacial score (nSPS) is 14.5. The summed E-state index contributed by atoms with van der Waals surface area (Å²) in [5, 5.41) is 0.0151. The minimum absolute atomic E-state index is 0.0151. The Hall–Kier alpha value is -1.04. The third kappa shape index (κ3) is 2.62. The number of nitrogens with two attached hydrogens (primary N) is 1. The summed E-state index contributed by atoms with van der Waals surface area (Å²) in [4.78, 5) is 4.46. The largest absolute Gasteiger partial charge is 0.489 e. The van der Waals surface area contributed by atoms with Crippen molar-refractivity contribution in [1.82, 2.24) is 0 Å². The van der Waals surface area contributed by atoms with Crippen molar-refractivity contribution in [3.8, 4) is 11.5 Å².